The van der Waals surface area contributed by atoms with E-state index < -0.39 is 6.61 Å². The number of methoxy groups -OCH3 is 1. The van der Waals surface area contributed by atoms with Crippen LogP contribution in [0.4, 0.5) is 14.5 Å². The molecule has 1 aromatic heterocycles. The van der Waals surface area contributed by atoms with E-state index in [1.165, 1.54) is 6.07 Å². The van der Waals surface area contributed by atoms with Gasteiger partial charge in [0.1, 0.15) is 16.7 Å². The lowest BCUT2D eigenvalue weighted by atomic mass is 10.1. The van der Waals surface area contributed by atoms with Gasteiger partial charge in [0.05, 0.1) is 18.3 Å². The molecule has 1 heterocycles. The Morgan fingerprint density at radius 3 is 2.72 bits per heavy atom. The van der Waals surface area contributed by atoms with Crippen molar-refractivity contribution >= 4 is 28.2 Å². The number of hydrogen-bond donors (Lipinski definition) is 1. The van der Waals surface area contributed by atoms with Crippen molar-refractivity contribution in [3.63, 3.8) is 0 Å². The van der Waals surface area contributed by atoms with Crippen LogP contribution in [0.2, 0.25) is 5.15 Å². The number of ether oxygens (including phenoxy) is 2. The van der Waals surface area contributed by atoms with Crippen molar-refractivity contribution in [3.8, 4) is 11.5 Å². The third-order valence-electron chi connectivity index (χ3n) is 3.62. The highest BCUT2D eigenvalue weighted by molar-refractivity contribution is 6.30. The van der Waals surface area contributed by atoms with E-state index in [2.05, 4.69) is 15.0 Å². The molecule has 0 saturated carbocycles. The van der Waals surface area contributed by atoms with Crippen LogP contribution in [-0.2, 0) is 6.54 Å². The maximum Gasteiger partial charge on any atom is 0.387 e. The van der Waals surface area contributed by atoms with Crippen LogP contribution in [0.25, 0.3) is 10.9 Å². The Balaban J connectivity index is 1.83. The summed E-state index contributed by atoms with van der Waals surface area (Å²) < 4.78 is 34.6. The van der Waals surface area contributed by atoms with Crippen LogP contribution in [-0.4, -0.2) is 18.7 Å². The van der Waals surface area contributed by atoms with Crippen molar-refractivity contribution in [2.75, 3.05) is 12.4 Å². The number of fused-ring (bicyclic) bond motifs is 1. The summed E-state index contributed by atoms with van der Waals surface area (Å²) in [5.41, 5.74) is 1.91. The fraction of sp³-hybridized carbons (Fsp3) is 0.167. The van der Waals surface area contributed by atoms with E-state index in [0.29, 0.717) is 23.1 Å². The minimum atomic E-state index is -2.89. The van der Waals surface area contributed by atoms with Gasteiger partial charge in [0, 0.05) is 23.6 Å². The van der Waals surface area contributed by atoms with Gasteiger partial charge >= 0.3 is 6.61 Å². The van der Waals surface area contributed by atoms with Gasteiger partial charge in [0.2, 0.25) is 0 Å². The Hall–Kier alpha value is -2.60. The number of nitrogens with zero attached hydrogens (tertiary/aromatic N) is 1. The van der Waals surface area contributed by atoms with Crippen molar-refractivity contribution < 1.29 is 18.3 Å². The van der Waals surface area contributed by atoms with Gasteiger partial charge in [-0.1, -0.05) is 23.7 Å². The highest BCUT2D eigenvalue weighted by atomic mass is 35.5. The maximum atomic E-state index is 12.5. The second-order valence-electron chi connectivity index (χ2n) is 5.23. The van der Waals surface area contributed by atoms with Crippen LogP contribution in [0.15, 0.2) is 48.5 Å². The molecule has 2 aromatic carbocycles. The van der Waals surface area contributed by atoms with E-state index in [4.69, 9.17) is 16.3 Å². The van der Waals surface area contributed by atoms with Gasteiger partial charge < -0.3 is 14.8 Å². The minimum absolute atomic E-state index is 0.0760. The fourth-order valence-electron chi connectivity index (χ4n) is 2.42. The molecule has 0 spiro atoms. The smallest absolute Gasteiger partial charge is 0.387 e. The zero-order valence-electron chi connectivity index (χ0n) is 13.3. The highest BCUT2D eigenvalue weighted by Crippen LogP contribution is 2.28. The predicted molar refractivity (Wildman–Crippen MR) is 93.7 cm³/mol. The van der Waals surface area contributed by atoms with Crippen LogP contribution < -0.4 is 14.8 Å². The molecule has 130 valence electrons. The Morgan fingerprint density at radius 2 is 1.96 bits per heavy atom. The van der Waals surface area contributed by atoms with Gasteiger partial charge in [-0.2, -0.15) is 8.78 Å². The molecule has 0 aliphatic heterocycles. The monoisotopic (exact) mass is 364 g/mol. The lowest BCUT2D eigenvalue weighted by molar-refractivity contribution is -0.0493. The molecule has 0 amide bonds. The second-order valence-corrected chi connectivity index (χ2v) is 5.58. The Morgan fingerprint density at radius 1 is 1.16 bits per heavy atom. The van der Waals surface area contributed by atoms with Gasteiger partial charge in [0.15, 0.2) is 0 Å². The first-order chi connectivity index (χ1) is 12.1. The number of aromatic nitrogens is 1. The topological polar surface area (TPSA) is 43.4 Å². The average molecular weight is 365 g/mol. The lowest BCUT2D eigenvalue weighted by Gasteiger charge is -2.13. The van der Waals surface area contributed by atoms with Crippen molar-refractivity contribution in [2.45, 2.75) is 13.2 Å². The third kappa shape index (κ3) is 4.09. The number of halogens is 3. The van der Waals surface area contributed by atoms with Crippen LogP contribution in [0.5, 0.6) is 11.5 Å². The van der Waals surface area contributed by atoms with Crippen molar-refractivity contribution in [1.29, 1.82) is 0 Å². The van der Waals surface area contributed by atoms with E-state index in [1.54, 1.807) is 31.4 Å². The first-order valence-electron chi connectivity index (χ1n) is 7.47. The highest BCUT2D eigenvalue weighted by Gasteiger charge is 2.10. The average Bonchev–Trinajstić information content (AvgIpc) is 2.60. The van der Waals surface area contributed by atoms with Gasteiger partial charge in [-0.05, 0) is 30.3 Å². The number of pyridine rings is 1. The van der Waals surface area contributed by atoms with Crippen LogP contribution in [0.3, 0.4) is 0 Å². The number of nitrogens with one attached hydrogen (secondary N) is 1. The number of anilines is 1. The largest absolute Gasteiger partial charge is 0.497 e. The van der Waals surface area contributed by atoms with E-state index >= 15 is 0 Å². The molecular formula is C18H15ClF2N2O2. The maximum absolute atomic E-state index is 12.5. The summed E-state index contributed by atoms with van der Waals surface area (Å²) in [5, 5.41) is 4.29. The van der Waals surface area contributed by atoms with Crippen molar-refractivity contribution in [2.24, 2.45) is 0 Å². The van der Waals surface area contributed by atoms with E-state index in [0.717, 1.165) is 16.5 Å². The molecule has 0 bridgehead atoms. The number of para-hydroxylation sites is 2. The van der Waals surface area contributed by atoms with Crippen LogP contribution >= 0.6 is 11.6 Å². The number of hydrogen-bond acceptors (Lipinski definition) is 4. The Bertz CT molecular complexity index is 890. The molecule has 7 heteroatoms. The summed E-state index contributed by atoms with van der Waals surface area (Å²) >= 11 is 6.25. The van der Waals surface area contributed by atoms with Crippen molar-refractivity contribution in [3.05, 3.63) is 59.2 Å². The van der Waals surface area contributed by atoms with E-state index in [9.17, 15) is 8.78 Å². The molecule has 0 atom stereocenters. The van der Waals surface area contributed by atoms with E-state index in [-0.39, 0.29) is 5.75 Å². The molecule has 1 N–H and O–H groups in total. The SMILES string of the molecule is COc1ccc2cc(CNc3ccccc3OC(F)F)c(Cl)nc2c1. The number of rotatable bonds is 6. The molecule has 25 heavy (non-hydrogen) atoms. The number of benzene rings is 2. The molecule has 0 aliphatic carbocycles. The first kappa shape index (κ1) is 17.2. The molecule has 4 nitrogen and oxygen atoms in total. The zero-order chi connectivity index (χ0) is 17.8. The standard InChI is InChI=1S/C18H15ClF2N2O2/c1-24-13-7-6-11-8-12(17(19)23-15(11)9-13)10-22-14-4-2-3-5-16(14)25-18(20)21/h2-9,18,22H,10H2,1H3. The molecule has 0 saturated heterocycles. The summed E-state index contributed by atoms with van der Waals surface area (Å²) in [5.74, 6) is 0.770. The summed E-state index contributed by atoms with van der Waals surface area (Å²) in [6.07, 6.45) is 0. The Kier molecular flexibility index (Phi) is 5.19. The fourth-order valence-corrected chi connectivity index (χ4v) is 2.63. The quantitative estimate of drug-likeness (QED) is 0.617. The Labute approximate surface area is 148 Å². The molecule has 0 fully saturated rings. The van der Waals surface area contributed by atoms with Crippen LogP contribution in [0.1, 0.15) is 5.56 Å². The van der Waals surface area contributed by atoms with Gasteiger partial charge in [0.25, 0.3) is 0 Å². The normalized spacial score (nSPS) is 10.9. The summed E-state index contributed by atoms with van der Waals surface area (Å²) in [6, 6.07) is 13.9. The minimum Gasteiger partial charge on any atom is -0.497 e. The lowest BCUT2D eigenvalue weighted by Crippen LogP contribution is -2.07. The molecule has 0 aliphatic rings. The molecule has 0 radical (unpaired) electrons. The summed E-state index contributed by atoms with van der Waals surface area (Å²) in [6.45, 7) is -2.57. The van der Waals surface area contributed by atoms with Gasteiger partial charge in [-0.3, -0.25) is 0 Å². The molecular weight excluding hydrogens is 350 g/mol. The predicted octanol–water partition coefficient (Wildman–Crippen LogP) is 5.11. The summed E-state index contributed by atoms with van der Waals surface area (Å²) in [7, 11) is 1.58. The second kappa shape index (κ2) is 7.53. The van der Waals surface area contributed by atoms with Gasteiger partial charge in [-0.25, -0.2) is 4.98 Å². The first-order valence-corrected chi connectivity index (χ1v) is 7.85. The number of alkyl halides is 2. The van der Waals surface area contributed by atoms with Crippen molar-refractivity contribution in [1.82, 2.24) is 4.98 Å². The third-order valence-corrected chi connectivity index (χ3v) is 3.95. The molecule has 0 unspecified atom stereocenters. The zero-order valence-corrected chi connectivity index (χ0v) is 14.1. The molecule has 3 aromatic rings. The van der Waals surface area contributed by atoms with Gasteiger partial charge in [-0.15, -0.1) is 0 Å². The van der Waals surface area contributed by atoms with Crippen LogP contribution in [0, 0.1) is 0 Å². The van der Waals surface area contributed by atoms with E-state index in [1.807, 2.05) is 18.2 Å². The summed E-state index contributed by atoms with van der Waals surface area (Å²) in [4.78, 5) is 4.36. The molecule has 3 rings (SSSR count).